The minimum atomic E-state index is -1.09. The molecule has 322 valence electrons. The molecule has 1 unspecified atom stereocenters. The Morgan fingerprint density at radius 3 is 1.95 bits per heavy atom. The smallest absolute Gasteiger partial charge is 0.477 e. The van der Waals surface area contributed by atoms with Gasteiger partial charge < -0.3 is 19.3 Å². The van der Waals surface area contributed by atoms with Crippen molar-refractivity contribution >= 4 is 29.5 Å². The highest BCUT2D eigenvalue weighted by atomic mass is 16.7. The molecule has 1 N–H and O–H groups in total. The van der Waals surface area contributed by atoms with Gasteiger partial charge in [0.25, 0.3) is 0 Å². The van der Waals surface area contributed by atoms with E-state index in [1.54, 1.807) is 18.2 Å². The van der Waals surface area contributed by atoms with Crippen molar-refractivity contribution in [1.29, 1.82) is 0 Å². The number of amidine groups is 1. The van der Waals surface area contributed by atoms with Gasteiger partial charge in [-0.2, -0.15) is 4.99 Å². The number of aromatic carboxylic acids is 1. The Kier molecular flexibility index (Phi) is 12.1. The minimum Gasteiger partial charge on any atom is -0.477 e. The van der Waals surface area contributed by atoms with Gasteiger partial charge in [0.1, 0.15) is 42.6 Å². The first kappa shape index (κ1) is 41.9. The molecule has 1 aliphatic carbocycles. The van der Waals surface area contributed by atoms with Crippen LogP contribution in [0.5, 0.6) is 0 Å². The molecular formula is C52H49N6O6+. The quantitative estimate of drug-likeness (QED) is 0.0643. The third kappa shape index (κ3) is 7.92. The molecule has 1 aromatic heterocycles. The van der Waals surface area contributed by atoms with Crippen LogP contribution in [0.2, 0.25) is 0 Å². The molecule has 64 heavy (non-hydrogen) atoms. The summed E-state index contributed by atoms with van der Waals surface area (Å²) in [6, 6.07) is 52.5. The fraction of sp³-hybridized carbons (Fsp3) is 0.231. The molecule has 6 aromatic carbocycles. The summed E-state index contributed by atoms with van der Waals surface area (Å²) in [6.07, 6.45) is 3.91. The zero-order chi connectivity index (χ0) is 43.9. The first-order chi connectivity index (χ1) is 31.4. The molecule has 0 radical (unpaired) electrons. The summed E-state index contributed by atoms with van der Waals surface area (Å²) in [4.78, 5) is 30.6. The van der Waals surface area contributed by atoms with E-state index in [9.17, 15) is 14.7 Å². The zero-order valence-electron chi connectivity index (χ0n) is 35.6. The third-order valence-electron chi connectivity index (χ3n) is 12.3. The van der Waals surface area contributed by atoms with Crippen LogP contribution in [-0.2, 0) is 26.3 Å². The third-order valence-corrected chi connectivity index (χ3v) is 12.3. The van der Waals surface area contributed by atoms with Gasteiger partial charge >= 0.3 is 18.1 Å². The van der Waals surface area contributed by atoms with E-state index < -0.39 is 17.7 Å². The van der Waals surface area contributed by atoms with Crippen LogP contribution >= 0.6 is 0 Å². The number of hydrogen-bond acceptors (Lipinski definition) is 9. The topological polar surface area (TPSA) is 138 Å². The molecule has 12 heteroatoms. The molecule has 1 saturated carbocycles. The lowest BCUT2D eigenvalue weighted by Gasteiger charge is -2.36. The summed E-state index contributed by atoms with van der Waals surface area (Å²) in [5.74, 6) is -0.509. The number of rotatable bonds is 14. The number of carboxylic acid groups (broad SMARTS) is 1. The van der Waals surface area contributed by atoms with Crippen molar-refractivity contribution in [2.75, 3.05) is 19.8 Å². The van der Waals surface area contributed by atoms with Crippen molar-refractivity contribution in [3.05, 3.63) is 186 Å². The second kappa shape index (κ2) is 18.5. The first-order valence-electron chi connectivity index (χ1n) is 21.9. The number of aromatic nitrogens is 4. The normalized spacial score (nSPS) is 16.1. The van der Waals surface area contributed by atoms with E-state index in [2.05, 4.69) is 47.7 Å². The first-order valence-corrected chi connectivity index (χ1v) is 21.9. The predicted molar refractivity (Wildman–Crippen MR) is 245 cm³/mol. The molecule has 1 fully saturated rings. The lowest BCUT2D eigenvalue weighted by molar-refractivity contribution is 0.00889. The summed E-state index contributed by atoms with van der Waals surface area (Å²) in [5, 5.41) is 24.3. The van der Waals surface area contributed by atoms with Gasteiger partial charge in [0.05, 0.1) is 6.61 Å². The molecule has 12 nitrogen and oxygen atoms in total. The Labute approximate surface area is 372 Å². The molecule has 0 spiro atoms. The van der Waals surface area contributed by atoms with Gasteiger partial charge in [0, 0.05) is 11.1 Å². The molecule has 9 rings (SSSR count). The molecule has 2 heterocycles. The van der Waals surface area contributed by atoms with Gasteiger partial charge in [-0.25, -0.2) is 18.8 Å². The number of para-hydroxylation sites is 1. The number of ether oxygens (including phenoxy) is 3. The molecule has 1 atom stereocenters. The summed E-state index contributed by atoms with van der Waals surface area (Å²) < 4.78 is 19.4. The maximum absolute atomic E-state index is 12.9. The molecule has 0 bridgehead atoms. The van der Waals surface area contributed by atoms with E-state index in [1.807, 2.05) is 109 Å². The monoisotopic (exact) mass is 853 g/mol. The average Bonchev–Trinajstić information content (AvgIpc) is 3.94. The van der Waals surface area contributed by atoms with Crippen molar-refractivity contribution < 1.29 is 28.9 Å². The van der Waals surface area contributed by atoms with Crippen molar-refractivity contribution in [3.63, 3.8) is 0 Å². The lowest BCUT2D eigenvalue weighted by atomic mass is 9.77. The average molecular weight is 854 g/mol. The number of fused-ring (bicyclic) bond motifs is 1. The van der Waals surface area contributed by atoms with E-state index in [1.165, 1.54) is 0 Å². The number of tetrazole rings is 1. The lowest BCUT2D eigenvalue weighted by Crippen LogP contribution is -2.55. The molecule has 1 aliphatic heterocycles. The van der Waals surface area contributed by atoms with Crippen LogP contribution in [0, 0.1) is 0 Å². The van der Waals surface area contributed by atoms with Crippen LogP contribution in [0.4, 0.5) is 16.2 Å². The van der Waals surface area contributed by atoms with Gasteiger partial charge in [-0.1, -0.05) is 152 Å². The molecule has 7 aromatic rings. The number of benzene rings is 6. The standard InChI is InChI=1S/C52H48N6O6/c1-2-62-50-53-46-29-17-28-45(49(59)60)47(46)58(50,34-35-63-51(61)64-42-24-13-6-14-25-42)36-37-30-32-38(33-31-37)43-26-15-16-27-44(43)48-54-55-56-57(48)52(39-18-7-3-8-19-39,40-20-9-4-10-21-40)41-22-11-5-12-23-41/h3-5,7-12,15-23,26-33,42H,2,6,13-14,24-25,34-36H2,1H3/p+1. The number of carboxylic acids is 1. The van der Waals surface area contributed by atoms with E-state index >= 15 is 0 Å². The fourth-order valence-corrected chi connectivity index (χ4v) is 9.41. The minimum absolute atomic E-state index is 0.0539. The number of aliphatic imine (C=N–C) groups is 1. The number of quaternary nitrogens is 1. The molecule has 0 amide bonds. The molecular weight excluding hydrogens is 805 g/mol. The Morgan fingerprint density at radius 2 is 1.34 bits per heavy atom. The number of carbonyl (C=O) groups is 2. The predicted octanol–water partition coefficient (Wildman–Crippen LogP) is 10.6. The largest absolute Gasteiger partial charge is 0.508 e. The van der Waals surface area contributed by atoms with Gasteiger partial charge in [-0.3, -0.25) is 0 Å². The summed E-state index contributed by atoms with van der Waals surface area (Å²) in [6.45, 7) is 2.54. The van der Waals surface area contributed by atoms with Gasteiger partial charge in [0.15, 0.2) is 11.5 Å². The maximum Gasteiger partial charge on any atom is 0.508 e. The van der Waals surface area contributed by atoms with Crippen molar-refractivity contribution in [2.24, 2.45) is 4.99 Å². The molecule has 0 saturated heterocycles. The van der Waals surface area contributed by atoms with Crippen molar-refractivity contribution in [3.8, 4) is 22.5 Å². The molecule has 2 aliphatic rings. The highest BCUT2D eigenvalue weighted by Gasteiger charge is 2.49. The highest BCUT2D eigenvalue weighted by molar-refractivity contribution is 6.06. The maximum atomic E-state index is 12.9. The Balaban J connectivity index is 1.09. The Hall–Kier alpha value is -7.44. The van der Waals surface area contributed by atoms with Gasteiger partial charge in [-0.05, 0) is 83.0 Å². The highest BCUT2D eigenvalue weighted by Crippen LogP contribution is 2.46. The number of hydrogen-bond donors (Lipinski definition) is 1. The second-order valence-electron chi connectivity index (χ2n) is 16.1. The van der Waals surface area contributed by atoms with Crippen LogP contribution in [-0.4, -0.2) is 69.3 Å². The van der Waals surface area contributed by atoms with E-state index in [0.717, 1.165) is 71.0 Å². The van der Waals surface area contributed by atoms with E-state index in [4.69, 9.17) is 29.5 Å². The van der Waals surface area contributed by atoms with E-state index in [-0.39, 0.29) is 35.8 Å². The van der Waals surface area contributed by atoms with Crippen molar-refractivity contribution in [1.82, 2.24) is 24.7 Å². The van der Waals surface area contributed by atoms with Crippen LogP contribution in [0.25, 0.3) is 22.5 Å². The zero-order valence-corrected chi connectivity index (χ0v) is 35.6. The van der Waals surface area contributed by atoms with Crippen LogP contribution < -0.4 is 4.48 Å². The fourth-order valence-electron chi connectivity index (χ4n) is 9.41. The Morgan fingerprint density at radius 1 is 0.734 bits per heavy atom. The van der Waals surface area contributed by atoms with E-state index in [0.29, 0.717) is 29.8 Å². The van der Waals surface area contributed by atoms with Gasteiger partial charge in [0.2, 0.25) is 0 Å². The number of nitrogens with zero attached hydrogens (tertiary/aromatic N) is 6. The Bertz CT molecular complexity index is 2660. The SMILES string of the molecule is CCOC1=Nc2cccc(C(=O)O)c2[N+]1(CCOC(=O)OC1CCCCC1)Cc1ccc(-c2ccccc2-c2nnnn2C(c2ccccc2)(c2ccccc2)c2ccccc2)cc1. The van der Waals surface area contributed by atoms with Crippen LogP contribution in [0.15, 0.2) is 163 Å². The summed E-state index contributed by atoms with van der Waals surface area (Å²) >= 11 is 0. The second-order valence-corrected chi connectivity index (χ2v) is 16.1. The number of carbonyl (C=O) groups excluding carboxylic acids is 1. The van der Waals surface area contributed by atoms with Crippen LogP contribution in [0.1, 0.15) is 71.6 Å². The summed E-state index contributed by atoms with van der Waals surface area (Å²) in [5.41, 5.74) is 6.67. The van der Waals surface area contributed by atoms with Gasteiger partial charge in [-0.15, -0.1) is 5.10 Å². The van der Waals surface area contributed by atoms with Crippen LogP contribution in [0.3, 0.4) is 0 Å². The summed E-state index contributed by atoms with van der Waals surface area (Å²) in [7, 11) is 0. The van der Waals surface area contributed by atoms with Crippen molar-refractivity contribution in [2.45, 2.75) is 57.2 Å².